The van der Waals surface area contributed by atoms with E-state index in [2.05, 4.69) is 71.6 Å². The summed E-state index contributed by atoms with van der Waals surface area (Å²) < 4.78 is 4.97. The van der Waals surface area contributed by atoms with Gasteiger partial charge in [-0.3, -0.25) is 0 Å². The molecule has 0 unspecified atom stereocenters. The average Bonchev–Trinajstić information content (AvgIpc) is 2.48. The van der Waals surface area contributed by atoms with Gasteiger partial charge in [0.1, 0.15) is 0 Å². The van der Waals surface area contributed by atoms with Gasteiger partial charge < -0.3 is 10.1 Å². The minimum absolute atomic E-state index is 0.134. The lowest BCUT2D eigenvalue weighted by Crippen LogP contribution is -2.20. The molecule has 1 aromatic rings. The molecule has 0 fully saturated rings. The van der Waals surface area contributed by atoms with E-state index < -0.39 is 0 Å². The maximum atomic E-state index is 11.0. The van der Waals surface area contributed by atoms with Gasteiger partial charge in [0, 0.05) is 12.6 Å². The number of benzene rings is 1. The van der Waals surface area contributed by atoms with Crippen LogP contribution in [-0.4, -0.2) is 19.1 Å². The molecule has 24 heavy (non-hydrogen) atoms. The van der Waals surface area contributed by atoms with Crippen LogP contribution in [0.5, 0.6) is 0 Å². The molecular formula is C21H33NO2. The van der Waals surface area contributed by atoms with E-state index in [0.29, 0.717) is 6.61 Å². The Hall–Kier alpha value is -1.61. The predicted molar refractivity (Wildman–Crippen MR) is 101 cm³/mol. The molecular weight excluding hydrogens is 298 g/mol. The van der Waals surface area contributed by atoms with Crippen molar-refractivity contribution in [2.45, 2.75) is 65.3 Å². The van der Waals surface area contributed by atoms with Crippen molar-refractivity contribution in [1.29, 1.82) is 0 Å². The maximum absolute atomic E-state index is 11.0. The zero-order chi connectivity index (χ0) is 18.4. The van der Waals surface area contributed by atoms with Crippen LogP contribution in [0.15, 0.2) is 30.9 Å². The van der Waals surface area contributed by atoms with Crippen LogP contribution in [0, 0.1) is 0 Å². The van der Waals surface area contributed by atoms with E-state index in [4.69, 9.17) is 4.74 Å². The Bertz CT molecular complexity index is 530. The quantitative estimate of drug-likeness (QED) is 0.454. The van der Waals surface area contributed by atoms with Gasteiger partial charge in [0.25, 0.3) is 0 Å². The molecule has 0 aromatic heterocycles. The summed E-state index contributed by atoms with van der Waals surface area (Å²) in [4.78, 5) is 11.0. The van der Waals surface area contributed by atoms with Crippen molar-refractivity contribution in [3.63, 3.8) is 0 Å². The highest BCUT2D eigenvalue weighted by Crippen LogP contribution is 2.30. The molecule has 134 valence electrons. The molecule has 1 aromatic carbocycles. The van der Waals surface area contributed by atoms with Gasteiger partial charge in [-0.05, 0) is 40.5 Å². The van der Waals surface area contributed by atoms with E-state index in [1.807, 2.05) is 0 Å². The SMILES string of the molecule is C=CC(=O)OCCCNCc1cc(C(C)(C)C)cc(C(C)(C)C)c1. The normalized spacial score (nSPS) is 12.1. The monoisotopic (exact) mass is 331 g/mol. The zero-order valence-corrected chi connectivity index (χ0v) is 16.2. The summed E-state index contributed by atoms with van der Waals surface area (Å²) in [5.41, 5.74) is 4.30. The zero-order valence-electron chi connectivity index (χ0n) is 16.2. The lowest BCUT2D eigenvalue weighted by Gasteiger charge is -2.26. The second-order valence-electron chi connectivity index (χ2n) is 8.32. The number of hydrogen-bond donors (Lipinski definition) is 1. The molecule has 0 aliphatic heterocycles. The first-order valence-corrected chi connectivity index (χ1v) is 8.69. The summed E-state index contributed by atoms with van der Waals surface area (Å²) in [6.07, 6.45) is 1.99. The Balaban J connectivity index is 2.67. The molecule has 1 N–H and O–H groups in total. The van der Waals surface area contributed by atoms with Crippen LogP contribution in [0.3, 0.4) is 0 Å². The molecule has 3 heteroatoms. The number of esters is 1. The highest BCUT2D eigenvalue weighted by Gasteiger charge is 2.20. The number of nitrogens with one attached hydrogen (secondary N) is 1. The maximum Gasteiger partial charge on any atom is 0.330 e. The Kier molecular flexibility index (Phi) is 7.22. The smallest absolute Gasteiger partial charge is 0.330 e. The molecule has 0 bridgehead atoms. The lowest BCUT2D eigenvalue weighted by molar-refractivity contribution is -0.137. The van der Waals surface area contributed by atoms with E-state index in [-0.39, 0.29) is 16.8 Å². The molecule has 1 rings (SSSR count). The van der Waals surface area contributed by atoms with Crippen molar-refractivity contribution < 1.29 is 9.53 Å². The molecule has 0 atom stereocenters. The Labute approximate surface area is 147 Å². The van der Waals surface area contributed by atoms with Gasteiger partial charge in [-0.15, -0.1) is 0 Å². The number of carbonyl (C=O) groups excluding carboxylic acids is 1. The van der Waals surface area contributed by atoms with Crippen molar-refractivity contribution in [3.8, 4) is 0 Å². The Morgan fingerprint density at radius 1 is 1.08 bits per heavy atom. The fourth-order valence-electron chi connectivity index (χ4n) is 2.32. The predicted octanol–water partition coefficient (Wildman–Crippen LogP) is 4.49. The first-order valence-electron chi connectivity index (χ1n) is 8.69. The standard InChI is InChI=1S/C21H33NO2/c1-8-19(23)24-11-9-10-22-15-16-12-17(20(2,3)4)14-18(13-16)21(5,6)7/h8,12-14,22H,1,9-11,15H2,2-7H3. The molecule has 0 aliphatic carbocycles. The summed E-state index contributed by atoms with van der Waals surface area (Å²) in [5.74, 6) is -0.359. The van der Waals surface area contributed by atoms with Crippen LogP contribution >= 0.6 is 0 Å². The third-order valence-electron chi connectivity index (χ3n) is 3.96. The molecule has 0 radical (unpaired) electrons. The second-order valence-corrected chi connectivity index (χ2v) is 8.32. The Morgan fingerprint density at radius 3 is 2.08 bits per heavy atom. The molecule has 3 nitrogen and oxygen atoms in total. The second kappa shape index (κ2) is 8.48. The third kappa shape index (κ3) is 6.88. The number of hydrogen-bond acceptors (Lipinski definition) is 3. The van der Waals surface area contributed by atoms with E-state index in [1.165, 1.54) is 22.8 Å². The molecule has 0 amide bonds. The summed E-state index contributed by atoms with van der Waals surface area (Å²) in [5, 5.41) is 3.43. The minimum Gasteiger partial charge on any atom is -0.462 e. The van der Waals surface area contributed by atoms with Crippen molar-refractivity contribution in [2.24, 2.45) is 0 Å². The summed E-state index contributed by atoms with van der Waals surface area (Å²) in [7, 11) is 0. The van der Waals surface area contributed by atoms with Crippen molar-refractivity contribution in [3.05, 3.63) is 47.5 Å². The van der Waals surface area contributed by atoms with Gasteiger partial charge in [0.05, 0.1) is 6.61 Å². The molecule has 0 heterocycles. The summed E-state index contributed by atoms with van der Waals surface area (Å²) in [6.45, 7) is 18.9. The van der Waals surface area contributed by atoms with Gasteiger partial charge in [-0.25, -0.2) is 4.79 Å². The van der Waals surface area contributed by atoms with Gasteiger partial charge >= 0.3 is 5.97 Å². The van der Waals surface area contributed by atoms with Crippen molar-refractivity contribution >= 4 is 5.97 Å². The van der Waals surface area contributed by atoms with Gasteiger partial charge in [-0.1, -0.05) is 66.3 Å². The van der Waals surface area contributed by atoms with Crippen LogP contribution in [0.4, 0.5) is 0 Å². The highest BCUT2D eigenvalue weighted by molar-refractivity contribution is 5.81. The molecule has 0 saturated heterocycles. The first-order chi connectivity index (χ1) is 11.0. The van der Waals surface area contributed by atoms with Crippen molar-refractivity contribution in [2.75, 3.05) is 13.2 Å². The van der Waals surface area contributed by atoms with Gasteiger partial charge in [-0.2, -0.15) is 0 Å². The summed E-state index contributed by atoms with van der Waals surface area (Å²) >= 11 is 0. The summed E-state index contributed by atoms with van der Waals surface area (Å²) in [6, 6.07) is 6.91. The molecule has 0 aliphatic rings. The molecule has 0 spiro atoms. The largest absolute Gasteiger partial charge is 0.462 e. The average molecular weight is 332 g/mol. The van der Waals surface area contributed by atoms with Gasteiger partial charge in [0.2, 0.25) is 0 Å². The van der Waals surface area contributed by atoms with E-state index in [0.717, 1.165) is 19.5 Å². The minimum atomic E-state index is -0.359. The molecule has 0 saturated carbocycles. The number of rotatable bonds is 7. The lowest BCUT2D eigenvalue weighted by atomic mass is 9.79. The van der Waals surface area contributed by atoms with Crippen LogP contribution in [-0.2, 0) is 26.9 Å². The third-order valence-corrected chi connectivity index (χ3v) is 3.96. The van der Waals surface area contributed by atoms with Crippen LogP contribution in [0.1, 0.15) is 64.7 Å². The van der Waals surface area contributed by atoms with E-state index in [1.54, 1.807) is 0 Å². The fraction of sp³-hybridized carbons (Fsp3) is 0.571. The van der Waals surface area contributed by atoms with Crippen LogP contribution in [0.2, 0.25) is 0 Å². The first kappa shape index (κ1) is 20.4. The number of ether oxygens (including phenoxy) is 1. The van der Waals surface area contributed by atoms with Gasteiger partial charge in [0.15, 0.2) is 0 Å². The van der Waals surface area contributed by atoms with E-state index >= 15 is 0 Å². The fourth-order valence-corrected chi connectivity index (χ4v) is 2.32. The highest BCUT2D eigenvalue weighted by atomic mass is 16.5. The topological polar surface area (TPSA) is 38.3 Å². The number of carbonyl (C=O) groups is 1. The Morgan fingerprint density at radius 2 is 1.62 bits per heavy atom. The van der Waals surface area contributed by atoms with Crippen molar-refractivity contribution in [1.82, 2.24) is 5.32 Å². The van der Waals surface area contributed by atoms with Crippen LogP contribution < -0.4 is 5.32 Å². The van der Waals surface area contributed by atoms with Crippen LogP contribution in [0.25, 0.3) is 0 Å². The van der Waals surface area contributed by atoms with E-state index in [9.17, 15) is 4.79 Å².